The van der Waals surface area contributed by atoms with Gasteiger partial charge in [0, 0.05) is 10.1 Å². The lowest BCUT2D eigenvalue weighted by Crippen LogP contribution is -1.80. The van der Waals surface area contributed by atoms with Crippen molar-refractivity contribution in [2.24, 2.45) is 0 Å². The van der Waals surface area contributed by atoms with E-state index in [-0.39, 0.29) is 0 Å². The average molecular weight is 257 g/mol. The van der Waals surface area contributed by atoms with Gasteiger partial charge < -0.3 is 4.74 Å². The van der Waals surface area contributed by atoms with Crippen LogP contribution in [-0.4, -0.2) is 7.11 Å². The van der Waals surface area contributed by atoms with E-state index >= 15 is 0 Å². The second-order valence-electron chi connectivity index (χ2n) is 2.91. The fraction of sp³-hybridized carbons (Fsp3) is 0.200. The van der Waals surface area contributed by atoms with Crippen molar-refractivity contribution in [1.29, 1.82) is 0 Å². The highest BCUT2D eigenvalue weighted by atomic mass is 79.9. The summed E-state index contributed by atoms with van der Waals surface area (Å²) in [6.45, 7) is 2.09. The van der Waals surface area contributed by atoms with E-state index in [0.29, 0.717) is 0 Å². The molecule has 0 radical (unpaired) electrons. The SMILES string of the molecule is COc1c(Br)sc2ccc(C)cc12. The Hall–Kier alpha value is -0.540. The van der Waals surface area contributed by atoms with Crippen LogP contribution in [0.15, 0.2) is 22.0 Å². The van der Waals surface area contributed by atoms with Crippen LogP contribution in [0.5, 0.6) is 5.75 Å². The quantitative estimate of drug-likeness (QED) is 0.750. The summed E-state index contributed by atoms with van der Waals surface area (Å²) in [6.07, 6.45) is 0. The van der Waals surface area contributed by atoms with Crippen LogP contribution in [0.25, 0.3) is 10.1 Å². The van der Waals surface area contributed by atoms with Crippen molar-refractivity contribution in [1.82, 2.24) is 0 Å². The van der Waals surface area contributed by atoms with E-state index in [1.54, 1.807) is 18.4 Å². The molecule has 3 heteroatoms. The zero-order valence-corrected chi connectivity index (χ0v) is 9.83. The second kappa shape index (κ2) is 3.31. The molecule has 13 heavy (non-hydrogen) atoms. The zero-order chi connectivity index (χ0) is 9.42. The lowest BCUT2D eigenvalue weighted by atomic mass is 10.2. The number of rotatable bonds is 1. The normalized spacial score (nSPS) is 10.7. The highest BCUT2D eigenvalue weighted by molar-refractivity contribution is 9.11. The number of benzene rings is 1. The molecule has 1 nitrogen and oxygen atoms in total. The first-order valence-corrected chi connectivity index (χ1v) is 5.56. The molecule has 68 valence electrons. The Morgan fingerprint density at radius 3 is 2.85 bits per heavy atom. The van der Waals surface area contributed by atoms with E-state index in [1.807, 2.05) is 0 Å². The molecule has 0 atom stereocenters. The van der Waals surface area contributed by atoms with Gasteiger partial charge in [-0.05, 0) is 35.0 Å². The first-order valence-electron chi connectivity index (χ1n) is 3.95. The maximum Gasteiger partial charge on any atom is 0.151 e. The molecule has 0 unspecified atom stereocenters. The second-order valence-corrected chi connectivity index (χ2v) is 5.28. The Labute approximate surface area is 89.5 Å². The summed E-state index contributed by atoms with van der Waals surface area (Å²) in [5, 5.41) is 1.19. The molecule has 2 aromatic rings. The summed E-state index contributed by atoms with van der Waals surface area (Å²) in [6, 6.07) is 6.39. The monoisotopic (exact) mass is 256 g/mol. The van der Waals surface area contributed by atoms with Crippen molar-refractivity contribution >= 4 is 37.4 Å². The lowest BCUT2D eigenvalue weighted by Gasteiger charge is -1.98. The third kappa shape index (κ3) is 1.46. The summed E-state index contributed by atoms with van der Waals surface area (Å²) in [7, 11) is 1.70. The number of aryl methyl sites for hydroxylation is 1. The maximum atomic E-state index is 5.32. The van der Waals surface area contributed by atoms with E-state index in [0.717, 1.165) is 9.54 Å². The maximum absolute atomic E-state index is 5.32. The van der Waals surface area contributed by atoms with Gasteiger partial charge in [-0.1, -0.05) is 11.6 Å². The number of methoxy groups -OCH3 is 1. The average Bonchev–Trinajstić information content (AvgIpc) is 2.40. The zero-order valence-electron chi connectivity index (χ0n) is 7.43. The van der Waals surface area contributed by atoms with Crippen molar-refractivity contribution in [3.8, 4) is 5.75 Å². The van der Waals surface area contributed by atoms with Crippen LogP contribution in [0.4, 0.5) is 0 Å². The smallest absolute Gasteiger partial charge is 0.151 e. The van der Waals surface area contributed by atoms with Crippen molar-refractivity contribution in [2.75, 3.05) is 7.11 Å². The summed E-state index contributed by atoms with van der Waals surface area (Å²) in [4.78, 5) is 0. The molecule has 2 rings (SSSR count). The molecule has 0 spiro atoms. The summed E-state index contributed by atoms with van der Waals surface area (Å²) in [5.41, 5.74) is 1.26. The minimum absolute atomic E-state index is 0.948. The molecule has 0 aliphatic rings. The van der Waals surface area contributed by atoms with Gasteiger partial charge in [0.25, 0.3) is 0 Å². The number of ether oxygens (including phenoxy) is 1. The standard InChI is InChI=1S/C10H9BrOS/c1-6-3-4-8-7(5-6)9(12-2)10(11)13-8/h3-5H,1-2H3. The molecule has 1 aromatic heterocycles. The van der Waals surface area contributed by atoms with E-state index in [2.05, 4.69) is 41.1 Å². The van der Waals surface area contributed by atoms with Gasteiger partial charge in [-0.15, -0.1) is 11.3 Å². The van der Waals surface area contributed by atoms with Gasteiger partial charge >= 0.3 is 0 Å². The fourth-order valence-electron chi connectivity index (χ4n) is 1.35. The predicted octanol–water partition coefficient (Wildman–Crippen LogP) is 3.98. The Bertz CT molecular complexity index is 447. The van der Waals surface area contributed by atoms with Crippen LogP contribution in [-0.2, 0) is 0 Å². The number of thiophene rings is 1. The topological polar surface area (TPSA) is 9.23 Å². The van der Waals surface area contributed by atoms with E-state index < -0.39 is 0 Å². The fourth-order valence-corrected chi connectivity index (χ4v) is 3.12. The molecular weight excluding hydrogens is 248 g/mol. The van der Waals surface area contributed by atoms with Crippen LogP contribution in [0, 0.1) is 6.92 Å². The Morgan fingerprint density at radius 1 is 1.38 bits per heavy atom. The van der Waals surface area contributed by atoms with Crippen molar-refractivity contribution in [3.63, 3.8) is 0 Å². The molecule has 0 aliphatic carbocycles. The summed E-state index contributed by atoms with van der Waals surface area (Å²) < 4.78 is 7.64. The highest BCUT2D eigenvalue weighted by Crippen LogP contribution is 2.41. The van der Waals surface area contributed by atoms with Crippen molar-refractivity contribution < 1.29 is 4.74 Å². The molecule has 1 aromatic carbocycles. The molecule has 0 bridgehead atoms. The van der Waals surface area contributed by atoms with Gasteiger partial charge in [-0.3, -0.25) is 0 Å². The molecule has 0 aliphatic heterocycles. The summed E-state index contributed by atoms with van der Waals surface area (Å²) >= 11 is 5.19. The van der Waals surface area contributed by atoms with Gasteiger partial charge in [-0.25, -0.2) is 0 Å². The molecule has 0 saturated carbocycles. The van der Waals surface area contributed by atoms with Crippen LogP contribution in [0.1, 0.15) is 5.56 Å². The molecule has 1 heterocycles. The Morgan fingerprint density at radius 2 is 2.15 bits per heavy atom. The van der Waals surface area contributed by atoms with E-state index in [1.165, 1.54) is 15.6 Å². The largest absolute Gasteiger partial charge is 0.494 e. The minimum Gasteiger partial charge on any atom is -0.494 e. The third-order valence-corrected chi connectivity index (χ3v) is 3.75. The number of fused-ring (bicyclic) bond motifs is 1. The van der Waals surface area contributed by atoms with Crippen LogP contribution in [0.2, 0.25) is 0 Å². The summed E-state index contributed by atoms with van der Waals surface area (Å²) in [5.74, 6) is 0.948. The molecule has 0 N–H and O–H groups in total. The van der Waals surface area contributed by atoms with E-state index in [4.69, 9.17) is 4.74 Å². The molecule has 0 amide bonds. The molecule has 0 fully saturated rings. The van der Waals surface area contributed by atoms with E-state index in [9.17, 15) is 0 Å². The third-order valence-electron chi connectivity index (χ3n) is 1.96. The first-order chi connectivity index (χ1) is 6.22. The predicted molar refractivity (Wildman–Crippen MR) is 60.8 cm³/mol. The Kier molecular flexibility index (Phi) is 2.30. The highest BCUT2D eigenvalue weighted by Gasteiger charge is 2.09. The van der Waals surface area contributed by atoms with Crippen LogP contribution < -0.4 is 4.74 Å². The van der Waals surface area contributed by atoms with Crippen molar-refractivity contribution in [3.05, 3.63) is 27.5 Å². The van der Waals surface area contributed by atoms with Gasteiger partial charge in [-0.2, -0.15) is 0 Å². The number of hydrogen-bond donors (Lipinski definition) is 0. The minimum atomic E-state index is 0.948. The van der Waals surface area contributed by atoms with Crippen LogP contribution >= 0.6 is 27.3 Å². The lowest BCUT2D eigenvalue weighted by molar-refractivity contribution is 0.419. The molecule has 0 saturated heterocycles. The van der Waals surface area contributed by atoms with Gasteiger partial charge in [0.15, 0.2) is 5.75 Å². The number of hydrogen-bond acceptors (Lipinski definition) is 2. The molecular formula is C10H9BrOS. The Balaban J connectivity index is 2.80. The van der Waals surface area contributed by atoms with Gasteiger partial charge in [0.1, 0.15) is 3.79 Å². The van der Waals surface area contributed by atoms with Gasteiger partial charge in [0.05, 0.1) is 7.11 Å². The van der Waals surface area contributed by atoms with Gasteiger partial charge in [0.2, 0.25) is 0 Å². The van der Waals surface area contributed by atoms with Crippen LogP contribution in [0.3, 0.4) is 0 Å². The number of halogens is 1. The first kappa shape index (κ1) is 9.03. The van der Waals surface area contributed by atoms with Crippen molar-refractivity contribution in [2.45, 2.75) is 6.92 Å².